The first-order chi connectivity index (χ1) is 28.7. The topological polar surface area (TPSA) is 412 Å². The molecule has 0 aromatic rings. The summed E-state index contributed by atoms with van der Waals surface area (Å²) in [4.78, 5) is 134. The molecule has 3 rings (SSSR count). The molecule has 26 heteroatoms. The van der Waals surface area contributed by atoms with Crippen LogP contribution in [0.2, 0.25) is 0 Å². The summed E-state index contributed by atoms with van der Waals surface area (Å²) in [6.45, 7) is -1.26. The Balaban J connectivity index is 1.68. The van der Waals surface area contributed by atoms with Crippen LogP contribution in [0.15, 0.2) is 4.99 Å². The number of aliphatic hydroxyl groups excluding tert-OH is 3. The minimum absolute atomic E-state index is 0.0271. The quantitative estimate of drug-likeness (QED) is 0.0221. The number of carboxylic acid groups (broad SMARTS) is 1. The van der Waals surface area contributed by atoms with E-state index in [1.165, 1.54) is 6.92 Å². The van der Waals surface area contributed by atoms with Gasteiger partial charge < -0.3 is 83.7 Å². The molecule has 3 saturated heterocycles. The van der Waals surface area contributed by atoms with E-state index >= 15 is 0 Å². The predicted octanol–water partition coefficient (Wildman–Crippen LogP) is -8.35. The second-order valence-corrected chi connectivity index (χ2v) is 15.0. The fourth-order valence-electron chi connectivity index (χ4n) is 7.01. The van der Waals surface area contributed by atoms with Gasteiger partial charge in [0.25, 0.3) is 0 Å². The number of β-amino-alcohol motifs (C(OH)–C–C–N with tert-alkyl or cyclic N) is 3. The summed E-state index contributed by atoms with van der Waals surface area (Å²) in [5.74, 6) is -8.14. The highest BCUT2D eigenvalue weighted by Gasteiger charge is 2.43. The summed E-state index contributed by atoms with van der Waals surface area (Å²) in [5.41, 5.74) is 16.3. The number of guanidine groups is 1. The van der Waals surface area contributed by atoms with Crippen molar-refractivity contribution in [1.82, 2.24) is 41.3 Å². The summed E-state index contributed by atoms with van der Waals surface area (Å²) in [7, 11) is 0. The van der Waals surface area contributed by atoms with E-state index < -0.39 is 147 Å². The van der Waals surface area contributed by atoms with E-state index in [9.17, 15) is 68.4 Å². The number of aliphatic carboxylic acids is 1. The second kappa shape index (κ2) is 23.1. The highest BCUT2D eigenvalue weighted by Crippen LogP contribution is 2.22. The van der Waals surface area contributed by atoms with Crippen molar-refractivity contribution in [3.63, 3.8) is 0 Å². The van der Waals surface area contributed by atoms with Crippen molar-refractivity contribution in [1.29, 1.82) is 0 Å². The summed E-state index contributed by atoms with van der Waals surface area (Å²) < 4.78 is 0. The van der Waals surface area contributed by atoms with E-state index in [0.29, 0.717) is 6.29 Å². The molecule has 15 N–H and O–H groups in total. The highest BCUT2D eigenvalue weighted by atomic mass is 16.4. The molecule has 0 radical (unpaired) electrons. The molecule has 26 nitrogen and oxygen atoms in total. The van der Waals surface area contributed by atoms with E-state index in [2.05, 4.69) is 31.6 Å². The Morgan fingerprint density at radius 1 is 0.721 bits per heavy atom. The number of carbonyl (C=O) groups excluding carboxylic acids is 9. The number of hydrogen-bond acceptors (Lipinski definition) is 15. The first-order valence-electron chi connectivity index (χ1n) is 19.6. The first kappa shape index (κ1) is 49.4. The molecule has 8 amide bonds. The molecule has 9 atom stereocenters. The zero-order valence-corrected chi connectivity index (χ0v) is 33.6. The van der Waals surface area contributed by atoms with Crippen LogP contribution in [-0.4, -0.2) is 201 Å². The fourth-order valence-corrected chi connectivity index (χ4v) is 7.01. The standard InChI is InChI=1S/C35H56N12O14/c1-17(36)30(57)41-12-28(54)46-14-20(50)9-25(46)33(60)44-22(3-2-6-39-35(37)38)31(58)40-10-26(52)43-23(4-5-29(55)56)34(61)47-15-21(51)8-24(47)32(59)42-11-27(53)45-13-19(49)7-18(45)16-48/h16-25,49-51H,2-15,36H2,1H3,(H,40,58)(H,41,57)(H,42,59)(H,43,52)(H,44,60)(H,55,56)(H4,37,38,39). The predicted molar refractivity (Wildman–Crippen MR) is 208 cm³/mol. The first-order valence-corrected chi connectivity index (χ1v) is 19.6. The smallest absolute Gasteiger partial charge is 0.303 e. The Kier molecular flexibility index (Phi) is 18.7. The molecule has 0 aromatic heterocycles. The number of amides is 8. The summed E-state index contributed by atoms with van der Waals surface area (Å²) in [6.07, 6.45) is -4.25. The molecular formula is C35H56N12O14. The highest BCUT2D eigenvalue weighted by molar-refractivity contribution is 5.97. The van der Waals surface area contributed by atoms with Gasteiger partial charge in [-0.25, -0.2) is 0 Å². The lowest BCUT2D eigenvalue weighted by molar-refractivity contribution is -0.143. The van der Waals surface area contributed by atoms with Gasteiger partial charge in [0.1, 0.15) is 30.5 Å². The maximum Gasteiger partial charge on any atom is 0.303 e. The number of aliphatic hydroxyl groups is 3. The summed E-state index contributed by atoms with van der Waals surface area (Å²) in [5, 5.41) is 51.7. The number of aldehydes is 1. The molecule has 0 spiro atoms. The average Bonchev–Trinajstić information content (AvgIpc) is 3.92. The SMILES string of the molecule is CC(N)C(=O)NCC(=O)N1CC(O)CC1C(=O)NC(CCCN=C(N)N)C(=O)NCC(=O)NC(CCC(=O)O)C(=O)N1CC(O)CC1C(=O)NCC(=O)N1CC(O)CC1C=O. The number of nitrogens with two attached hydrogens (primary N) is 3. The third kappa shape index (κ3) is 14.9. The molecule has 3 heterocycles. The van der Waals surface area contributed by atoms with Crippen LogP contribution in [0.4, 0.5) is 0 Å². The number of carboxylic acids is 1. The number of likely N-dealkylation sites (tertiary alicyclic amines) is 3. The lowest BCUT2D eigenvalue weighted by atomic mass is 10.1. The van der Waals surface area contributed by atoms with Gasteiger partial charge in [0, 0.05) is 51.9 Å². The van der Waals surface area contributed by atoms with Gasteiger partial charge in [-0.2, -0.15) is 0 Å². The Bertz CT molecular complexity index is 1690. The number of carbonyl (C=O) groups is 10. The Morgan fingerprint density at radius 3 is 1.89 bits per heavy atom. The van der Waals surface area contributed by atoms with Crippen molar-refractivity contribution >= 4 is 65.5 Å². The number of nitrogens with one attached hydrogen (secondary N) is 5. The van der Waals surface area contributed by atoms with Gasteiger partial charge in [-0.1, -0.05) is 0 Å². The van der Waals surface area contributed by atoms with Gasteiger partial charge in [-0.15, -0.1) is 0 Å². The lowest BCUT2D eigenvalue weighted by Crippen LogP contribution is -2.56. The fraction of sp³-hybridized carbons (Fsp3) is 0.686. The van der Waals surface area contributed by atoms with Crippen molar-refractivity contribution in [2.45, 2.75) is 106 Å². The van der Waals surface area contributed by atoms with Crippen molar-refractivity contribution < 1.29 is 68.4 Å². The van der Waals surface area contributed by atoms with Crippen molar-refractivity contribution in [3.8, 4) is 0 Å². The van der Waals surface area contributed by atoms with E-state index in [0.717, 1.165) is 14.7 Å². The van der Waals surface area contributed by atoms with Gasteiger partial charge in [-0.3, -0.25) is 48.1 Å². The molecule has 0 aromatic carbocycles. The van der Waals surface area contributed by atoms with Gasteiger partial charge in [0.05, 0.1) is 50.0 Å². The number of aliphatic imine (C=N–C) groups is 1. The third-order valence-corrected chi connectivity index (χ3v) is 10.1. The number of hydrogen-bond donors (Lipinski definition) is 12. The zero-order chi connectivity index (χ0) is 45.6. The minimum atomic E-state index is -1.58. The Hall–Kier alpha value is -5.99. The molecular weight excluding hydrogens is 812 g/mol. The molecule has 0 aliphatic carbocycles. The third-order valence-electron chi connectivity index (χ3n) is 10.1. The van der Waals surface area contributed by atoms with Gasteiger partial charge >= 0.3 is 5.97 Å². The number of nitrogens with zero attached hydrogens (tertiary/aromatic N) is 4. The van der Waals surface area contributed by atoms with E-state index in [-0.39, 0.29) is 57.7 Å². The molecule has 3 fully saturated rings. The van der Waals surface area contributed by atoms with Crippen molar-refractivity contribution in [2.24, 2.45) is 22.2 Å². The second-order valence-electron chi connectivity index (χ2n) is 15.0. The number of rotatable bonds is 21. The van der Waals surface area contributed by atoms with Crippen LogP contribution in [0.1, 0.15) is 51.9 Å². The molecule has 61 heavy (non-hydrogen) atoms. The summed E-state index contributed by atoms with van der Waals surface area (Å²) in [6, 6.07) is -7.35. The molecule has 0 saturated carbocycles. The van der Waals surface area contributed by atoms with Crippen LogP contribution >= 0.6 is 0 Å². The van der Waals surface area contributed by atoms with Crippen LogP contribution in [0.5, 0.6) is 0 Å². The largest absolute Gasteiger partial charge is 0.481 e. The van der Waals surface area contributed by atoms with Gasteiger partial charge in [-0.05, 0) is 26.2 Å². The van der Waals surface area contributed by atoms with Gasteiger partial charge in [0.15, 0.2) is 5.96 Å². The molecule has 3 aliphatic rings. The van der Waals surface area contributed by atoms with Gasteiger partial charge in [0.2, 0.25) is 47.3 Å². The normalized spacial score (nSPS) is 23.5. The molecule has 340 valence electrons. The van der Waals surface area contributed by atoms with E-state index in [1.54, 1.807) is 0 Å². The van der Waals surface area contributed by atoms with E-state index in [4.69, 9.17) is 17.2 Å². The van der Waals surface area contributed by atoms with Crippen LogP contribution in [0.25, 0.3) is 0 Å². The van der Waals surface area contributed by atoms with Crippen LogP contribution < -0.4 is 43.8 Å². The Labute approximate surface area is 349 Å². The molecule has 3 aliphatic heterocycles. The zero-order valence-electron chi connectivity index (χ0n) is 33.6. The average molecular weight is 869 g/mol. The van der Waals surface area contributed by atoms with Crippen molar-refractivity contribution in [2.75, 3.05) is 45.8 Å². The maximum absolute atomic E-state index is 13.8. The maximum atomic E-state index is 13.8. The molecule has 0 bridgehead atoms. The van der Waals surface area contributed by atoms with Crippen LogP contribution in [0.3, 0.4) is 0 Å². The molecule has 9 unspecified atom stereocenters. The monoisotopic (exact) mass is 868 g/mol. The summed E-state index contributed by atoms with van der Waals surface area (Å²) >= 11 is 0. The lowest BCUT2D eigenvalue weighted by Gasteiger charge is -2.29. The Morgan fingerprint density at radius 2 is 1.28 bits per heavy atom. The minimum Gasteiger partial charge on any atom is -0.481 e. The van der Waals surface area contributed by atoms with Crippen LogP contribution in [-0.2, 0) is 47.9 Å². The van der Waals surface area contributed by atoms with Crippen LogP contribution in [0, 0.1) is 0 Å². The van der Waals surface area contributed by atoms with Crippen molar-refractivity contribution in [3.05, 3.63) is 0 Å². The van der Waals surface area contributed by atoms with E-state index in [1.807, 2.05) is 0 Å².